The molecule has 0 bridgehead atoms. The van der Waals surface area contributed by atoms with Gasteiger partial charge in [0.2, 0.25) is 5.91 Å². The Morgan fingerprint density at radius 1 is 1.20 bits per heavy atom. The van der Waals surface area contributed by atoms with E-state index in [4.69, 9.17) is 5.73 Å². The van der Waals surface area contributed by atoms with Crippen LogP contribution in [0.1, 0.15) is 38.8 Å². The molecule has 0 radical (unpaired) electrons. The van der Waals surface area contributed by atoms with Gasteiger partial charge >= 0.3 is 11.8 Å². The van der Waals surface area contributed by atoms with Gasteiger partial charge in [0.25, 0.3) is 11.9 Å². The number of aliphatic imine (C=N–C) groups is 2. The lowest BCUT2D eigenvalue weighted by Gasteiger charge is -2.29. The SMILES string of the molecule is CCC1C(=O)N=C(n2nc(C)cc2NC(=O)C(=O)N2CCC(C(N)=O)CC2)N=C1C. The van der Waals surface area contributed by atoms with Gasteiger partial charge in [-0.15, -0.1) is 0 Å². The summed E-state index contributed by atoms with van der Waals surface area (Å²) in [6.07, 6.45) is 1.45. The van der Waals surface area contributed by atoms with Gasteiger partial charge in [-0.05, 0) is 33.1 Å². The molecule has 1 atom stereocenters. The molecule has 30 heavy (non-hydrogen) atoms. The lowest BCUT2D eigenvalue weighted by molar-refractivity contribution is -0.144. The number of hydrogen-bond acceptors (Lipinski definition) is 6. The minimum absolute atomic E-state index is 0.0420. The van der Waals surface area contributed by atoms with Crippen LogP contribution in [0, 0.1) is 18.8 Å². The van der Waals surface area contributed by atoms with Crippen LogP contribution in [0.15, 0.2) is 16.1 Å². The fourth-order valence-electron chi connectivity index (χ4n) is 3.60. The van der Waals surface area contributed by atoms with Crippen LogP contribution in [-0.4, -0.2) is 63.1 Å². The molecule has 0 aliphatic carbocycles. The Hall–Kier alpha value is -3.37. The van der Waals surface area contributed by atoms with E-state index in [2.05, 4.69) is 20.4 Å². The second-order valence-corrected chi connectivity index (χ2v) is 7.47. The van der Waals surface area contributed by atoms with Crippen LogP contribution < -0.4 is 11.1 Å². The minimum Gasteiger partial charge on any atom is -0.369 e. The monoisotopic (exact) mass is 415 g/mol. The molecule has 3 heterocycles. The molecule has 0 saturated carbocycles. The van der Waals surface area contributed by atoms with Crippen molar-refractivity contribution in [3.63, 3.8) is 0 Å². The molecule has 4 amide bonds. The smallest absolute Gasteiger partial charge is 0.315 e. The molecule has 1 unspecified atom stereocenters. The largest absolute Gasteiger partial charge is 0.369 e. The van der Waals surface area contributed by atoms with Crippen LogP contribution in [0.4, 0.5) is 5.82 Å². The van der Waals surface area contributed by atoms with E-state index in [9.17, 15) is 19.2 Å². The maximum atomic E-state index is 12.5. The predicted molar refractivity (Wildman–Crippen MR) is 109 cm³/mol. The van der Waals surface area contributed by atoms with Crippen molar-refractivity contribution in [2.24, 2.45) is 27.6 Å². The number of rotatable bonds is 3. The van der Waals surface area contributed by atoms with Gasteiger partial charge in [-0.25, -0.2) is 4.99 Å². The number of nitrogens with zero attached hydrogens (tertiary/aromatic N) is 5. The average Bonchev–Trinajstić information content (AvgIpc) is 3.07. The summed E-state index contributed by atoms with van der Waals surface area (Å²) >= 11 is 0. The van der Waals surface area contributed by atoms with E-state index in [-0.39, 0.29) is 42.6 Å². The van der Waals surface area contributed by atoms with Crippen molar-refractivity contribution in [2.75, 3.05) is 18.4 Å². The van der Waals surface area contributed by atoms with E-state index < -0.39 is 17.7 Å². The summed E-state index contributed by atoms with van der Waals surface area (Å²) in [6.45, 7) is 5.89. The normalized spacial score (nSPS) is 19.9. The molecule has 11 nitrogen and oxygen atoms in total. The number of primary amides is 1. The van der Waals surface area contributed by atoms with E-state index >= 15 is 0 Å². The first-order chi connectivity index (χ1) is 14.2. The molecule has 2 aliphatic heterocycles. The summed E-state index contributed by atoms with van der Waals surface area (Å²) in [7, 11) is 0. The topological polar surface area (TPSA) is 152 Å². The molecule has 0 aromatic carbocycles. The first-order valence-electron chi connectivity index (χ1n) is 9.85. The van der Waals surface area contributed by atoms with E-state index in [0.717, 1.165) is 0 Å². The van der Waals surface area contributed by atoms with Gasteiger partial charge in [0.15, 0.2) is 0 Å². The average molecular weight is 415 g/mol. The highest BCUT2D eigenvalue weighted by molar-refractivity contribution is 6.39. The fraction of sp³-hybridized carbons (Fsp3) is 0.526. The number of anilines is 1. The van der Waals surface area contributed by atoms with Crippen LogP contribution in [0.5, 0.6) is 0 Å². The third kappa shape index (κ3) is 4.29. The second-order valence-electron chi connectivity index (χ2n) is 7.47. The zero-order valence-electron chi connectivity index (χ0n) is 17.2. The van der Waals surface area contributed by atoms with Crippen molar-refractivity contribution in [3.05, 3.63) is 11.8 Å². The number of aromatic nitrogens is 2. The summed E-state index contributed by atoms with van der Waals surface area (Å²) in [5, 5.41) is 6.78. The van der Waals surface area contributed by atoms with Gasteiger partial charge in [-0.1, -0.05) is 6.92 Å². The maximum Gasteiger partial charge on any atom is 0.315 e. The summed E-state index contributed by atoms with van der Waals surface area (Å²) in [5.74, 6) is -2.69. The molecule has 3 N–H and O–H groups in total. The Labute approximate surface area is 173 Å². The Bertz CT molecular complexity index is 954. The van der Waals surface area contributed by atoms with Crippen LogP contribution >= 0.6 is 0 Å². The zero-order chi connectivity index (χ0) is 22.0. The predicted octanol–water partition coefficient (Wildman–Crippen LogP) is 0.0853. The quantitative estimate of drug-likeness (QED) is 0.670. The summed E-state index contributed by atoms with van der Waals surface area (Å²) in [4.78, 5) is 58.3. The fourth-order valence-corrected chi connectivity index (χ4v) is 3.60. The van der Waals surface area contributed by atoms with Crippen LogP contribution in [0.3, 0.4) is 0 Å². The molecule has 1 aromatic heterocycles. The molecule has 1 fully saturated rings. The number of likely N-dealkylation sites (tertiary alicyclic amines) is 1. The van der Waals surface area contributed by atoms with Crippen LogP contribution in [0.25, 0.3) is 0 Å². The standard InChI is InChI=1S/C19H25N7O4/c1-4-13-11(3)21-19(23-16(13)28)26-14(9-10(2)24-26)22-17(29)18(30)25-7-5-12(6-8-25)15(20)27/h9,12-13H,4-8H2,1-3H3,(H2,20,27)(H,22,29). The zero-order valence-corrected chi connectivity index (χ0v) is 17.2. The van der Waals surface area contributed by atoms with E-state index in [1.807, 2.05) is 6.92 Å². The van der Waals surface area contributed by atoms with Crippen molar-refractivity contribution < 1.29 is 19.2 Å². The first-order valence-corrected chi connectivity index (χ1v) is 9.85. The minimum atomic E-state index is -0.844. The number of aryl methyl sites for hydroxylation is 1. The Kier molecular flexibility index (Phi) is 6.09. The molecule has 2 aliphatic rings. The van der Waals surface area contributed by atoms with Gasteiger partial charge in [-0.3, -0.25) is 19.2 Å². The summed E-state index contributed by atoms with van der Waals surface area (Å²) < 4.78 is 1.24. The summed E-state index contributed by atoms with van der Waals surface area (Å²) in [6, 6.07) is 1.56. The van der Waals surface area contributed by atoms with E-state index in [0.29, 0.717) is 30.7 Å². The number of carbonyl (C=O) groups is 4. The van der Waals surface area contributed by atoms with Crippen molar-refractivity contribution >= 4 is 41.1 Å². The van der Waals surface area contributed by atoms with Crippen LogP contribution in [-0.2, 0) is 19.2 Å². The molecular weight excluding hydrogens is 390 g/mol. The van der Waals surface area contributed by atoms with Crippen molar-refractivity contribution in [3.8, 4) is 0 Å². The highest BCUT2D eigenvalue weighted by Gasteiger charge is 2.31. The third-order valence-corrected chi connectivity index (χ3v) is 5.34. The Morgan fingerprint density at radius 3 is 2.43 bits per heavy atom. The number of nitrogens with two attached hydrogens (primary N) is 1. The molecule has 1 saturated heterocycles. The Morgan fingerprint density at radius 2 is 1.87 bits per heavy atom. The van der Waals surface area contributed by atoms with Crippen molar-refractivity contribution in [2.45, 2.75) is 40.0 Å². The second kappa shape index (κ2) is 8.56. The molecule has 0 spiro atoms. The lowest BCUT2D eigenvalue weighted by Crippen LogP contribution is -2.46. The van der Waals surface area contributed by atoms with E-state index in [1.165, 1.54) is 9.58 Å². The first kappa shape index (κ1) is 21.3. The molecular formula is C19H25N7O4. The summed E-state index contributed by atoms with van der Waals surface area (Å²) in [5.41, 5.74) is 6.47. The van der Waals surface area contributed by atoms with Crippen molar-refractivity contribution in [1.82, 2.24) is 14.7 Å². The molecule has 1 aromatic rings. The van der Waals surface area contributed by atoms with Gasteiger partial charge in [0.05, 0.1) is 11.6 Å². The molecule has 3 rings (SSSR count). The lowest BCUT2D eigenvalue weighted by atomic mass is 9.96. The number of hydrogen-bond donors (Lipinski definition) is 2. The third-order valence-electron chi connectivity index (χ3n) is 5.34. The number of amides is 4. The Balaban J connectivity index is 1.74. The van der Waals surface area contributed by atoms with Gasteiger partial charge < -0.3 is 16.0 Å². The number of nitrogens with one attached hydrogen (secondary N) is 1. The van der Waals surface area contributed by atoms with E-state index in [1.54, 1.807) is 19.9 Å². The number of piperidine rings is 1. The highest BCUT2D eigenvalue weighted by Crippen LogP contribution is 2.19. The molecule has 11 heteroatoms. The van der Waals surface area contributed by atoms with Gasteiger partial charge in [0.1, 0.15) is 5.82 Å². The highest BCUT2D eigenvalue weighted by atomic mass is 16.2. The molecule has 160 valence electrons. The van der Waals surface area contributed by atoms with Crippen LogP contribution in [0.2, 0.25) is 0 Å². The number of carbonyl (C=O) groups excluding carboxylic acids is 4. The van der Waals surface area contributed by atoms with Gasteiger partial charge in [-0.2, -0.15) is 14.8 Å². The van der Waals surface area contributed by atoms with Gasteiger partial charge in [0, 0.05) is 30.8 Å². The van der Waals surface area contributed by atoms with Crippen molar-refractivity contribution in [1.29, 1.82) is 0 Å². The maximum absolute atomic E-state index is 12.5.